The lowest BCUT2D eigenvalue weighted by molar-refractivity contribution is 0.141. The van der Waals surface area contributed by atoms with Crippen LogP contribution in [-0.4, -0.2) is 29.0 Å². The molecule has 92 valence electrons. The van der Waals surface area contributed by atoms with Gasteiger partial charge in [-0.25, -0.2) is 0 Å². The lowest BCUT2D eigenvalue weighted by Crippen LogP contribution is -2.54. The van der Waals surface area contributed by atoms with E-state index in [-0.39, 0.29) is 5.54 Å². The highest BCUT2D eigenvalue weighted by Crippen LogP contribution is 2.35. The van der Waals surface area contributed by atoms with Gasteiger partial charge in [0.2, 0.25) is 0 Å². The summed E-state index contributed by atoms with van der Waals surface area (Å²) in [4.78, 5) is 6.92. The molecule has 1 saturated carbocycles. The van der Waals surface area contributed by atoms with E-state index in [1.54, 1.807) is 0 Å². The maximum atomic E-state index is 6.09. The predicted octanol–water partition coefficient (Wildman–Crippen LogP) is 2.36. The molecular formula is C13H25N3. The predicted molar refractivity (Wildman–Crippen MR) is 68.4 cm³/mol. The molecule has 1 aliphatic carbocycles. The lowest BCUT2D eigenvalue weighted by atomic mass is 9.88. The molecular weight excluding hydrogens is 198 g/mol. The second-order valence-corrected chi connectivity index (χ2v) is 6.08. The molecule has 0 amide bonds. The quantitative estimate of drug-likeness (QED) is 0.798. The van der Waals surface area contributed by atoms with Crippen LogP contribution >= 0.6 is 0 Å². The summed E-state index contributed by atoms with van der Waals surface area (Å²) in [5, 5.41) is 0. The molecule has 1 atom stereocenters. The van der Waals surface area contributed by atoms with Gasteiger partial charge in [-0.3, -0.25) is 4.99 Å². The van der Waals surface area contributed by atoms with Crippen molar-refractivity contribution in [2.45, 2.75) is 64.5 Å². The molecule has 16 heavy (non-hydrogen) atoms. The summed E-state index contributed by atoms with van der Waals surface area (Å²) in [5.74, 6) is 1.49. The Morgan fingerprint density at radius 2 is 2.06 bits per heavy atom. The van der Waals surface area contributed by atoms with Gasteiger partial charge in [0.15, 0.2) is 5.96 Å². The molecule has 1 heterocycles. The van der Waals surface area contributed by atoms with Crippen LogP contribution in [0.3, 0.4) is 0 Å². The van der Waals surface area contributed by atoms with Crippen molar-refractivity contribution in [1.29, 1.82) is 0 Å². The first-order valence-corrected chi connectivity index (χ1v) is 6.62. The maximum Gasteiger partial charge on any atom is 0.192 e. The molecule has 3 nitrogen and oxygen atoms in total. The molecule has 0 saturated heterocycles. The van der Waals surface area contributed by atoms with Crippen molar-refractivity contribution in [2.75, 3.05) is 6.54 Å². The van der Waals surface area contributed by atoms with Gasteiger partial charge in [0, 0.05) is 6.04 Å². The van der Waals surface area contributed by atoms with Gasteiger partial charge in [0.25, 0.3) is 0 Å². The van der Waals surface area contributed by atoms with Crippen LogP contribution in [0.5, 0.6) is 0 Å². The molecule has 2 rings (SSSR count). The Balaban J connectivity index is 2.13. The van der Waals surface area contributed by atoms with E-state index in [0.29, 0.717) is 12.0 Å². The Morgan fingerprint density at radius 1 is 1.44 bits per heavy atom. The van der Waals surface area contributed by atoms with Gasteiger partial charge in [-0.1, -0.05) is 26.7 Å². The van der Waals surface area contributed by atoms with Crippen molar-refractivity contribution in [3.63, 3.8) is 0 Å². The fourth-order valence-electron chi connectivity index (χ4n) is 3.51. The summed E-state index contributed by atoms with van der Waals surface area (Å²) in [5.41, 5.74) is 6.26. The van der Waals surface area contributed by atoms with E-state index in [1.807, 2.05) is 0 Å². The SMILES string of the molecule is CC(C)CC1(C)CN=C(N)N1C1CCCC1. The van der Waals surface area contributed by atoms with E-state index in [2.05, 4.69) is 30.7 Å². The fraction of sp³-hybridized carbons (Fsp3) is 0.923. The lowest BCUT2D eigenvalue weighted by Gasteiger charge is -2.41. The topological polar surface area (TPSA) is 41.6 Å². The smallest absolute Gasteiger partial charge is 0.192 e. The van der Waals surface area contributed by atoms with Crippen LogP contribution in [0.1, 0.15) is 52.9 Å². The van der Waals surface area contributed by atoms with Gasteiger partial charge in [-0.05, 0) is 32.1 Å². The Labute approximate surface area is 99.1 Å². The largest absolute Gasteiger partial charge is 0.370 e. The molecule has 0 spiro atoms. The number of rotatable bonds is 3. The Bertz CT molecular complexity index is 279. The van der Waals surface area contributed by atoms with Crippen LogP contribution in [0.15, 0.2) is 4.99 Å². The highest BCUT2D eigenvalue weighted by atomic mass is 15.4. The average Bonchev–Trinajstić information content (AvgIpc) is 2.74. The molecule has 1 aliphatic heterocycles. The minimum Gasteiger partial charge on any atom is -0.370 e. The third-order valence-electron chi connectivity index (χ3n) is 3.95. The summed E-state index contributed by atoms with van der Waals surface area (Å²) < 4.78 is 0. The number of hydrogen-bond acceptors (Lipinski definition) is 3. The van der Waals surface area contributed by atoms with E-state index in [1.165, 1.54) is 32.1 Å². The number of hydrogen-bond donors (Lipinski definition) is 1. The summed E-state index contributed by atoms with van der Waals surface area (Å²) >= 11 is 0. The third kappa shape index (κ3) is 2.04. The van der Waals surface area contributed by atoms with Gasteiger partial charge in [0.1, 0.15) is 0 Å². The maximum absolute atomic E-state index is 6.09. The second kappa shape index (κ2) is 4.27. The molecule has 0 radical (unpaired) electrons. The fourth-order valence-corrected chi connectivity index (χ4v) is 3.51. The molecule has 2 N–H and O–H groups in total. The normalized spacial score (nSPS) is 31.5. The first-order valence-electron chi connectivity index (χ1n) is 6.62. The van der Waals surface area contributed by atoms with Crippen molar-refractivity contribution < 1.29 is 0 Å². The molecule has 1 unspecified atom stereocenters. The average molecular weight is 223 g/mol. The highest BCUT2D eigenvalue weighted by molar-refractivity contribution is 5.81. The summed E-state index contributed by atoms with van der Waals surface area (Å²) in [6.07, 6.45) is 6.49. The van der Waals surface area contributed by atoms with Crippen LogP contribution in [0.4, 0.5) is 0 Å². The molecule has 3 heteroatoms. The first-order chi connectivity index (χ1) is 7.53. The standard InChI is InChI=1S/C13H25N3/c1-10(2)8-13(3)9-15-12(14)16(13)11-6-4-5-7-11/h10-11H,4-9H2,1-3H3,(H2,14,15). The van der Waals surface area contributed by atoms with Crippen LogP contribution in [0, 0.1) is 5.92 Å². The van der Waals surface area contributed by atoms with Crippen LogP contribution in [0.25, 0.3) is 0 Å². The minimum absolute atomic E-state index is 0.174. The van der Waals surface area contributed by atoms with E-state index in [4.69, 9.17) is 5.73 Å². The van der Waals surface area contributed by atoms with Crippen LogP contribution in [-0.2, 0) is 0 Å². The number of guanidine groups is 1. The van der Waals surface area contributed by atoms with Crippen molar-refractivity contribution in [2.24, 2.45) is 16.6 Å². The molecule has 0 aromatic heterocycles. The van der Waals surface area contributed by atoms with E-state index in [0.717, 1.165) is 12.5 Å². The molecule has 0 aromatic rings. The van der Waals surface area contributed by atoms with E-state index in [9.17, 15) is 0 Å². The van der Waals surface area contributed by atoms with Gasteiger partial charge in [0.05, 0.1) is 12.1 Å². The third-order valence-corrected chi connectivity index (χ3v) is 3.95. The van der Waals surface area contributed by atoms with Crippen LogP contribution < -0.4 is 5.73 Å². The minimum atomic E-state index is 0.174. The number of nitrogens with two attached hydrogens (primary N) is 1. The summed E-state index contributed by atoms with van der Waals surface area (Å²) in [6.45, 7) is 7.78. The Kier molecular flexibility index (Phi) is 3.13. The van der Waals surface area contributed by atoms with Gasteiger partial charge >= 0.3 is 0 Å². The Morgan fingerprint density at radius 3 is 2.62 bits per heavy atom. The van der Waals surface area contributed by atoms with Crippen molar-refractivity contribution in [3.05, 3.63) is 0 Å². The first kappa shape index (κ1) is 11.7. The van der Waals surface area contributed by atoms with Crippen molar-refractivity contribution in [1.82, 2.24) is 4.90 Å². The molecule has 0 bridgehead atoms. The second-order valence-electron chi connectivity index (χ2n) is 6.08. The van der Waals surface area contributed by atoms with Gasteiger partial charge < -0.3 is 10.6 Å². The molecule has 2 aliphatic rings. The molecule has 0 aromatic carbocycles. The number of nitrogens with zero attached hydrogens (tertiary/aromatic N) is 2. The monoisotopic (exact) mass is 223 g/mol. The highest BCUT2D eigenvalue weighted by Gasteiger charge is 2.42. The molecule has 1 fully saturated rings. The van der Waals surface area contributed by atoms with E-state index < -0.39 is 0 Å². The van der Waals surface area contributed by atoms with Gasteiger partial charge in [-0.15, -0.1) is 0 Å². The zero-order chi connectivity index (χ0) is 11.8. The van der Waals surface area contributed by atoms with Gasteiger partial charge in [-0.2, -0.15) is 0 Å². The zero-order valence-corrected chi connectivity index (χ0v) is 10.9. The Hall–Kier alpha value is -0.730. The van der Waals surface area contributed by atoms with Crippen LogP contribution in [0.2, 0.25) is 0 Å². The van der Waals surface area contributed by atoms with E-state index >= 15 is 0 Å². The summed E-state index contributed by atoms with van der Waals surface area (Å²) in [7, 11) is 0. The number of aliphatic imine (C=N–C) groups is 1. The van der Waals surface area contributed by atoms with Crippen molar-refractivity contribution in [3.8, 4) is 0 Å². The summed E-state index contributed by atoms with van der Waals surface area (Å²) in [6, 6.07) is 0.648. The van der Waals surface area contributed by atoms with Crippen molar-refractivity contribution >= 4 is 5.96 Å². The zero-order valence-electron chi connectivity index (χ0n) is 10.9.